The third-order valence-corrected chi connectivity index (χ3v) is 8.09. The van der Waals surface area contributed by atoms with Crippen molar-refractivity contribution < 1.29 is 5.11 Å². The van der Waals surface area contributed by atoms with Gasteiger partial charge in [0.05, 0.1) is 6.10 Å². The van der Waals surface area contributed by atoms with Gasteiger partial charge in [-0.05, 0) is 84.7 Å². The molecule has 0 saturated heterocycles. The summed E-state index contributed by atoms with van der Waals surface area (Å²) in [6.07, 6.45) is 7.71. The highest BCUT2D eigenvalue weighted by atomic mass is 79.9. The van der Waals surface area contributed by atoms with Crippen molar-refractivity contribution in [3.05, 3.63) is 20.3 Å². The summed E-state index contributed by atoms with van der Waals surface area (Å²) in [5.41, 5.74) is 0.669. The minimum absolute atomic E-state index is 0.165. The van der Waals surface area contributed by atoms with Gasteiger partial charge in [0.1, 0.15) is 0 Å². The molecule has 3 heteroatoms. The summed E-state index contributed by atoms with van der Waals surface area (Å²) in [4.78, 5) is 2.47. The number of aliphatic hydroxyl groups excluding tert-OH is 1. The molecule has 1 aromatic rings. The number of hydrogen-bond donors (Lipinski definition) is 1. The standard InChI is InChI=1S/C17H23BrOS/c1-10-3-13(18)14(20-10)15(19)17-7-11-4-12(8-17)6-16(2,5-11)9-17/h3,11-12,15,19H,4-9H2,1-2H3. The first-order valence-electron chi connectivity index (χ1n) is 7.83. The minimum atomic E-state index is -0.263. The maximum absolute atomic E-state index is 11.2. The van der Waals surface area contributed by atoms with Gasteiger partial charge in [0.15, 0.2) is 0 Å². The van der Waals surface area contributed by atoms with Crippen molar-refractivity contribution in [1.29, 1.82) is 0 Å². The van der Waals surface area contributed by atoms with Crippen molar-refractivity contribution in [2.45, 2.75) is 58.5 Å². The van der Waals surface area contributed by atoms with E-state index in [0.717, 1.165) is 16.3 Å². The molecule has 4 aliphatic rings. The van der Waals surface area contributed by atoms with E-state index in [1.165, 1.54) is 48.3 Å². The summed E-state index contributed by atoms with van der Waals surface area (Å²) in [6, 6.07) is 2.16. The van der Waals surface area contributed by atoms with Gasteiger partial charge in [0, 0.05) is 19.6 Å². The van der Waals surface area contributed by atoms with Gasteiger partial charge in [-0.2, -0.15) is 0 Å². The molecule has 1 nitrogen and oxygen atoms in total. The van der Waals surface area contributed by atoms with E-state index >= 15 is 0 Å². The van der Waals surface area contributed by atoms with Gasteiger partial charge in [-0.1, -0.05) is 6.92 Å². The average Bonchev–Trinajstić information content (AvgIpc) is 2.64. The zero-order valence-electron chi connectivity index (χ0n) is 12.3. The number of aryl methyl sites for hydroxylation is 1. The number of thiophene rings is 1. The lowest BCUT2D eigenvalue weighted by molar-refractivity contribution is -0.154. The summed E-state index contributed by atoms with van der Waals surface area (Å²) >= 11 is 5.43. The molecule has 4 aliphatic carbocycles. The minimum Gasteiger partial charge on any atom is -0.387 e. The third kappa shape index (κ3) is 1.96. The van der Waals surface area contributed by atoms with Crippen LogP contribution in [0, 0.1) is 29.6 Å². The quantitative estimate of drug-likeness (QED) is 0.747. The molecule has 1 aromatic heterocycles. The van der Waals surface area contributed by atoms with E-state index in [2.05, 4.69) is 35.8 Å². The van der Waals surface area contributed by atoms with E-state index < -0.39 is 0 Å². The largest absolute Gasteiger partial charge is 0.387 e. The number of halogens is 1. The van der Waals surface area contributed by atoms with Gasteiger partial charge in [-0.3, -0.25) is 0 Å². The molecular weight excluding hydrogens is 332 g/mol. The Kier molecular flexibility index (Phi) is 2.98. The number of rotatable bonds is 2. The normalized spacial score (nSPS) is 44.0. The van der Waals surface area contributed by atoms with Crippen LogP contribution in [0.15, 0.2) is 10.5 Å². The zero-order valence-corrected chi connectivity index (χ0v) is 14.7. The first-order chi connectivity index (χ1) is 9.39. The topological polar surface area (TPSA) is 20.2 Å². The molecular formula is C17H23BrOS. The van der Waals surface area contributed by atoms with Crippen molar-refractivity contribution in [2.24, 2.45) is 22.7 Å². The van der Waals surface area contributed by atoms with Crippen molar-refractivity contribution in [2.75, 3.05) is 0 Å². The summed E-state index contributed by atoms with van der Waals surface area (Å²) in [7, 11) is 0. The van der Waals surface area contributed by atoms with Crippen LogP contribution in [0.1, 0.15) is 61.3 Å². The first-order valence-corrected chi connectivity index (χ1v) is 9.44. The Hall–Kier alpha value is 0.140. The molecule has 0 aliphatic heterocycles. The van der Waals surface area contributed by atoms with Crippen molar-refractivity contribution in [3.63, 3.8) is 0 Å². The van der Waals surface area contributed by atoms with Gasteiger partial charge >= 0.3 is 0 Å². The molecule has 4 fully saturated rings. The van der Waals surface area contributed by atoms with E-state index in [-0.39, 0.29) is 11.5 Å². The summed E-state index contributed by atoms with van der Waals surface area (Å²) < 4.78 is 1.12. The van der Waals surface area contributed by atoms with Crippen LogP contribution in [0.3, 0.4) is 0 Å². The van der Waals surface area contributed by atoms with Crippen LogP contribution in [0.2, 0.25) is 0 Å². The molecule has 110 valence electrons. The number of hydrogen-bond acceptors (Lipinski definition) is 2. The lowest BCUT2D eigenvalue weighted by Crippen LogP contribution is -2.52. The predicted molar refractivity (Wildman–Crippen MR) is 86.9 cm³/mol. The van der Waals surface area contributed by atoms with Crippen LogP contribution < -0.4 is 0 Å². The SMILES string of the molecule is Cc1cc(Br)c(C(O)C23CC4CC(CC(C)(C4)C2)C3)s1. The Bertz CT molecular complexity index is 535. The Balaban J connectivity index is 1.72. The Labute approximate surface area is 133 Å². The lowest BCUT2D eigenvalue weighted by atomic mass is 9.43. The highest BCUT2D eigenvalue weighted by Gasteiger charge is 2.58. The van der Waals surface area contributed by atoms with Crippen LogP contribution in [0.25, 0.3) is 0 Å². The van der Waals surface area contributed by atoms with Crippen LogP contribution in [-0.2, 0) is 0 Å². The van der Waals surface area contributed by atoms with E-state index in [9.17, 15) is 5.11 Å². The van der Waals surface area contributed by atoms with Crippen molar-refractivity contribution >= 4 is 27.3 Å². The van der Waals surface area contributed by atoms with E-state index in [1.54, 1.807) is 11.3 Å². The summed E-state index contributed by atoms with van der Waals surface area (Å²) in [5.74, 6) is 1.74. The fourth-order valence-corrected chi connectivity index (χ4v) is 8.08. The van der Waals surface area contributed by atoms with Crippen LogP contribution in [-0.4, -0.2) is 5.11 Å². The molecule has 20 heavy (non-hydrogen) atoms. The molecule has 4 bridgehead atoms. The Morgan fingerprint density at radius 1 is 1.30 bits per heavy atom. The van der Waals surface area contributed by atoms with Gasteiger partial charge in [0.2, 0.25) is 0 Å². The molecule has 0 spiro atoms. The molecule has 0 radical (unpaired) electrons. The second-order valence-electron chi connectivity index (χ2n) is 8.11. The van der Waals surface area contributed by atoms with Gasteiger partial charge < -0.3 is 5.11 Å². The van der Waals surface area contributed by atoms with Gasteiger partial charge in [-0.15, -0.1) is 11.3 Å². The maximum atomic E-state index is 11.2. The van der Waals surface area contributed by atoms with Crippen LogP contribution in [0.5, 0.6) is 0 Å². The average molecular weight is 355 g/mol. The lowest BCUT2D eigenvalue weighted by Gasteiger charge is -2.62. The molecule has 3 atom stereocenters. The molecule has 0 amide bonds. The van der Waals surface area contributed by atoms with Crippen LogP contribution >= 0.6 is 27.3 Å². The molecule has 3 unspecified atom stereocenters. The Morgan fingerprint density at radius 3 is 2.45 bits per heavy atom. The van der Waals surface area contributed by atoms with Crippen molar-refractivity contribution in [1.82, 2.24) is 0 Å². The van der Waals surface area contributed by atoms with Crippen molar-refractivity contribution in [3.8, 4) is 0 Å². The molecule has 1 N–H and O–H groups in total. The smallest absolute Gasteiger partial charge is 0.0949 e. The van der Waals surface area contributed by atoms with Gasteiger partial charge in [0.25, 0.3) is 0 Å². The fraction of sp³-hybridized carbons (Fsp3) is 0.765. The van der Waals surface area contributed by atoms with E-state index in [0.29, 0.717) is 5.41 Å². The Morgan fingerprint density at radius 2 is 1.95 bits per heavy atom. The molecule has 5 rings (SSSR count). The highest BCUT2D eigenvalue weighted by molar-refractivity contribution is 9.10. The summed E-state index contributed by atoms with van der Waals surface area (Å²) in [6.45, 7) is 4.60. The van der Waals surface area contributed by atoms with E-state index in [1.807, 2.05) is 0 Å². The molecule has 1 heterocycles. The fourth-order valence-electron chi connectivity index (χ4n) is 6.08. The zero-order chi connectivity index (χ0) is 14.1. The second kappa shape index (κ2) is 4.33. The molecule has 0 aromatic carbocycles. The molecule has 4 saturated carbocycles. The third-order valence-electron chi connectivity index (χ3n) is 6.06. The van der Waals surface area contributed by atoms with E-state index in [4.69, 9.17) is 0 Å². The second-order valence-corrected chi connectivity index (χ2v) is 10.2. The number of aliphatic hydroxyl groups is 1. The van der Waals surface area contributed by atoms with Gasteiger partial charge in [-0.25, -0.2) is 0 Å². The highest BCUT2D eigenvalue weighted by Crippen LogP contribution is 2.68. The first kappa shape index (κ1) is 13.8. The maximum Gasteiger partial charge on any atom is 0.0949 e. The monoisotopic (exact) mass is 354 g/mol. The predicted octanol–water partition coefficient (Wildman–Crippen LogP) is 5.46. The van der Waals surface area contributed by atoms with Crippen LogP contribution in [0.4, 0.5) is 0 Å². The summed E-state index contributed by atoms with van der Waals surface area (Å²) in [5, 5.41) is 11.2.